The highest BCUT2D eigenvalue weighted by Gasteiger charge is 2.51. The van der Waals surface area contributed by atoms with Crippen LogP contribution in [0.25, 0.3) is 0 Å². The number of hydrogen-bond donors (Lipinski definition) is 2. The SMILES string of the molecule is CCOC(=O)C(CCCN(C)CCc1ccc(C)c(OC)c1)(C(=O)OC(C)(C)C)c1ccc(CO)c(CO)c1. The number of aryl methyl sites for hydroxylation is 1. The third kappa shape index (κ3) is 8.52. The van der Waals surface area contributed by atoms with Crippen LogP contribution < -0.4 is 4.74 Å². The molecule has 0 amide bonds. The number of esters is 2. The molecule has 216 valence electrons. The van der Waals surface area contributed by atoms with E-state index in [1.165, 1.54) is 5.56 Å². The summed E-state index contributed by atoms with van der Waals surface area (Å²) >= 11 is 0. The molecule has 0 heterocycles. The van der Waals surface area contributed by atoms with Crippen LogP contribution in [0.2, 0.25) is 0 Å². The lowest BCUT2D eigenvalue weighted by Crippen LogP contribution is -2.49. The standard InChI is InChI=1S/C31H45NO7/c1-8-38-28(35)31(29(36)39-30(3,4)5,26-13-12-24(20-33)25(19-26)21-34)15-9-16-32(6)17-14-23-11-10-22(2)27(18-23)37-7/h10-13,18-19,33-34H,8-9,14-17,20-21H2,1-7H3. The summed E-state index contributed by atoms with van der Waals surface area (Å²) in [4.78, 5) is 29.5. The summed E-state index contributed by atoms with van der Waals surface area (Å²) in [5.74, 6) is -0.515. The average Bonchev–Trinajstić information content (AvgIpc) is 2.89. The Hall–Kier alpha value is -2.94. The van der Waals surface area contributed by atoms with E-state index in [-0.39, 0.29) is 26.2 Å². The number of benzene rings is 2. The van der Waals surface area contributed by atoms with Crippen molar-refractivity contribution in [2.75, 3.05) is 33.9 Å². The Morgan fingerprint density at radius 2 is 1.64 bits per heavy atom. The number of methoxy groups -OCH3 is 1. The van der Waals surface area contributed by atoms with Gasteiger partial charge >= 0.3 is 11.9 Å². The van der Waals surface area contributed by atoms with Crippen molar-refractivity contribution in [3.05, 3.63) is 64.2 Å². The van der Waals surface area contributed by atoms with E-state index >= 15 is 0 Å². The maximum Gasteiger partial charge on any atom is 0.328 e. The fourth-order valence-corrected chi connectivity index (χ4v) is 4.55. The molecule has 0 aliphatic carbocycles. The van der Waals surface area contributed by atoms with Gasteiger partial charge < -0.3 is 29.3 Å². The van der Waals surface area contributed by atoms with Crippen LogP contribution >= 0.6 is 0 Å². The van der Waals surface area contributed by atoms with Crippen LogP contribution in [-0.2, 0) is 44.1 Å². The molecule has 0 saturated carbocycles. The van der Waals surface area contributed by atoms with E-state index in [0.29, 0.717) is 29.7 Å². The van der Waals surface area contributed by atoms with Crippen LogP contribution in [0.15, 0.2) is 36.4 Å². The molecule has 0 radical (unpaired) electrons. The third-order valence-electron chi connectivity index (χ3n) is 6.76. The van der Waals surface area contributed by atoms with Crippen LogP contribution in [0.5, 0.6) is 5.75 Å². The van der Waals surface area contributed by atoms with E-state index in [1.807, 2.05) is 26.1 Å². The summed E-state index contributed by atoms with van der Waals surface area (Å²) < 4.78 is 16.7. The molecule has 0 aliphatic rings. The number of likely N-dealkylation sites (N-methyl/N-ethyl adjacent to an activating group) is 1. The first-order chi connectivity index (χ1) is 18.4. The predicted molar refractivity (Wildman–Crippen MR) is 151 cm³/mol. The zero-order chi connectivity index (χ0) is 29.2. The molecule has 39 heavy (non-hydrogen) atoms. The molecule has 0 spiro atoms. The number of aliphatic hydroxyl groups is 2. The largest absolute Gasteiger partial charge is 0.496 e. The van der Waals surface area contributed by atoms with E-state index in [0.717, 1.165) is 24.3 Å². The Morgan fingerprint density at radius 1 is 0.949 bits per heavy atom. The van der Waals surface area contributed by atoms with Crippen molar-refractivity contribution >= 4 is 11.9 Å². The van der Waals surface area contributed by atoms with Gasteiger partial charge in [0.05, 0.1) is 26.9 Å². The monoisotopic (exact) mass is 543 g/mol. The number of hydrogen-bond acceptors (Lipinski definition) is 8. The van der Waals surface area contributed by atoms with Gasteiger partial charge in [0, 0.05) is 6.54 Å². The van der Waals surface area contributed by atoms with Crippen LogP contribution in [0.4, 0.5) is 0 Å². The normalized spacial score (nSPS) is 13.2. The fraction of sp³-hybridized carbons (Fsp3) is 0.548. The minimum Gasteiger partial charge on any atom is -0.496 e. The first-order valence-electron chi connectivity index (χ1n) is 13.5. The summed E-state index contributed by atoms with van der Waals surface area (Å²) in [7, 11) is 3.67. The van der Waals surface area contributed by atoms with Crippen molar-refractivity contribution in [3.63, 3.8) is 0 Å². The Balaban J connectivity index is 2.32. The molecule has 8 nitrogen and oxygen atoms in total. The molecule has 2 aromatic rings. The minimum absolute atomic E-state index is 0.102. The van der Waals surface area contributed by atoms with Crippen LogP contribution in [0.1, 0.15) is 68.4 Å². The van der Waals surface area contributed by atoms with Gasteiger partial charge in [-0.25, -0.2) is 0 Å². The lowest BCUT2D eigenvalue weighted by atomic mass is 9.75. The second-order valence-corrected chi connectivity index (χ2v) is 10.9. The molecule has 0 fully saturated rings. The summed E-state index contributed by atoms with van der Waals surface area (Å²) in [6, 6.07) is 11.1. The maximum atomic E-state index is 13.8. The Labute approximate surface area is 232 Å². The molecule has 0 bridgehead atoms. The van der Waals surface area contributed by atoms with Crippen molar-refractivity contribution in [1.29, 1.82) is 0 Å². The predicted octanol–water partition coefficient (Wildman–Crippen LogP) is 4.09. The lowest BCUT2D eigenvalue weighted by Gasteiger charge is -2.34. The van der Waals surface area contributed by atoms with Crippen molar-refractivity contribution in [3.8, 4) is 5.75 Å². The molecule has 2 rings (SSSR count). The zero-order valence-corrected chi connectivity index (χ0v) is 24.5. The Kier molecular flexibility index (Phi) is 12.0. The molecule has 0 aromatic heterocycles. The van der Waals surface area contributed by atoms with Gasteiger partial charge in [-0.1, -0.05) is 30.3 Å². The summed E-state index contributed by atoms with van der Waals surface area (Å²) in [6.07, 6.45) is 1.50. The highest BCUT2D eigenvalue weighted by Crippen LogP contribution is 2.36. The maximum absolute atomic E-state index is 13.8. The van der Waals surface area contributed by atoms with E-state index in [4.69, 9.17) is 14.2 Å². The topological polar surface area (TPSA) is 106 Å². The molecule has 1 atom stereocenters. The number of carbonyl (C=O) groups excluding carboxylic acids is 2. The number of ether oxygens (including phenoxy) is 3. The van der Waals surface area contributed by atoms with E-state index in [2.05, 4.69) is 11.0 Å². The minimum atomic E-state index is -1.72. The molecular formula is C31H45NO7. The second kappa shape index (κ2) is 14.4. The van der Waals surface area contributed by atoms with Gasteiger partial charge in [0.15, 0.2) is 5.41 Å². The van der Waals surface area contributed by atoms with Gasteiger partial charge in [0.25, 0.3) is 0 Å². The van der Waals surface area contributed by atoms with Gasteiger partial charge in [0.2, 0.25) is 0 Å². The number of nitrogens with zero attached hydrogens (tertiary/aromatic N) is 1. The third-order valence-corrected chi connectivity index (χ3v) is 6.76. The average molecular weight is 544 g/mol. The molecule has 2 N–H and O–H groups in total. The number of rotatable bonds is 14. The van der Waals surface area contributed by atoms with Gasteiger partial charge in [0.1, 0.15) is 11.4 Å². The number of aliphatic hydroxyl groups excluding tert-OH is 2. The van der Waals surface area contributed by atoms with E-state index in [1.54, 1.807) is 53.0 Å². The van der Waals surface area contributed by atoms with Gasteiger partial charge in [-0.15, -0.1) is 0 Å². The van der Waals surface area contributed by atoms with Gasteiger partial charge in [-0.2, -0.15) is 0 Å². The summed E-state index contributed by atoms with van der Waals surface area (Å²) in [6.45, 7) is 9.87. The van der Waals surface area contributed by atoms with Gasteiger partial charge in [-0.05, 0) is 101 Å². The quantitative estimate of drug-likeness (QED) is 0.271. The van der Waals surface area contributed by atoms with Crippen molar-refractivity contribution in [1.82, 2.24) is 4.90 Å². The van der Waals surface area contributed by atoms with E-state index < -0.39 is 23.0 Å². The first kappa shape index (κ1) is 32.3. The summed E-state index contributed by atoms with van der Waals surface area (Å²) in [5, 5.41) is 19.6. The summed E-state index contributed by atoms with van der Waals surface area (Å²) in [5.41, 5.74) is 1.06. The fourth-order valence-electron chi connectivity index (χ4n) is 4.55. The second-order valence-electron chi connectivity index (χ2n) is 10.9. The molecule has 8 heteroatoms. The highest BCUT2D eigenvalue weighted by molar-refractivity contribution is 6.06. The molecule has 2 aromatic carbocycles. The molecule has 0 aliphatic heterocycles. The lowest BCUT2D eigenvalue weighted by molar-refractivity contribution is -0.173. The van der Waals surface area contributed by atoms with Crippen LogP contribution in [-0.4, -0.2) is 66.5 Å². The molecule has 0 saturated heterocycles. The van der Waals surface area contributed by atoms with Crippen LogP contribution in [0, 0.1) is 6.92 Å². The first-order valence-corrected chi connectivity index (χ1v) is 13.5. The smallest absolute Gasteiger partial charge is 0.328 e. The van der Waals surface area contributed by atoms with Crippen molar-refractivity contribution < 1.29 is 34.0 Å². The van der Waals surface area contributed by atoms with Gasteiger partial charge in [-0.3, -0.25) is 9.59 Å². The molecular weight excluding hydrogens is 498 g/mol. The number of carbonyl (C=O) groups is 2. The Bertz CT molecular complexity index is 1110. The van der Waals surface area contributed by atoms with Crippen molar-refractivity contribution in [2.45, 2.75) is 78.1 Å². The molecule has 1 unspecified atom stereocenters. The van der Waals surface area contributed by atoms with E-state index in [9.17, 15) is 19.8 Å². The van der Waals surface area contributed by atoms with Crippen LogP contribution in [0.3, 0.4) is 0 Å². The Morgan fingerprint density at radius 3 is 2.23 bits per heavy atom. The highest BCUT2D eigenvalue weighted by atomic mass is 16.6. The van der Waals surface area contributed by atoms with Crippen molar-refractivity contribution in [2.24, 2.45) is 0 Å². The zero-order valence-electron chi connectivity index (χ0n) is 24.5.